The first kappa shape index (κ1) is 13.4. The fourth-order valence-electron chi connectivity index (χ4n) is 2.16. The van der Waals surface area contributed by atoms with Crippen LogP contribution in [-0.4, -0.2) is 14.6 Å². The molecule has 0 fully saturated rings. The summed E-state index contributed by atoms with van der Waals surface area (Å²) in [5, 5.41) is 8.02. The number of hydrogen-bond acceptors (Lipinski definition) is 3. The van der Waals surface area contributed by atoms with Gasteiger partial charge in [-0.2, -0.15) is 13.2 Å². The quantitative estimate of drug-likeness (QED) is 0.748. The minimum atomic E-state index is -4.36. The number of halogens is 3. The predicted octanol–water partition coefficient (Wildman–Crippen LogP) is 3.31. The van der Waals surface area contributed by atoms with Crippen LogP contribution >= 0.6 is 0 Å². The smallest absolute Gasteiger partial charge is 0.396 e. The fraction of sp³-hybridized carbons (Fsp3) is 0.143. The number of pyridine rings is 1. The van der Waals surface area contributed by atoms with E-state index in [2.05, 4.69) is 10.2 Å². The molecule has 3 aromatic rings. The van der Waals surface area contributed by atoms with E-state index in [0.29, 0.717) is 22.7 Å². The van der Waals surface area contributed by atoms with Crippen molar-refractivity contribution in [2.75, 3.05) is 5.73 Å². The Morgan fingerprint density at radius 1 is 1.00 bits per heavy atom. The predicted molar refractivity (Wildman–Crippen MR) is 72.6 cm³/mol. The Hall–Kier alpha value is -2.57. The number of rotatable bonds is 1. The number of hydrogen-bond donors (Lipinski definition) is 1. The molecule has 0 radical (unpaired) electrons. The van der Waals surface area contributed by atoms with Crippen molar-refractivity contribution in [3.63, 3.8) is 0 Å². The number of nitrogens with two attached hydrogens (primary N) is 1. The maximum Gasteiger partial charge on any atom is 0.416 e. The van der Waals surface area contributed by atoms with Crippen LogP contribution in [0.25, 0.3) is 17.0 Å². The molecule has 7 heteroatoms. The van der Waals surface area contributed by atoms with Crippen LogP contribution < -0.4 is 5.73 Å². The molecule has 0 atom stereocenters. The van der Waals surface area contributed by atoms with Crippen LogP contribution in [0.1, 0.15) is 11.3 Å². The van der Waals surface area contributed by atoms with Gasteiger partial charge in [0.2, 0.25) is 0 Å². The summed E-state index contributed by atoms with van der Waals surface area (Å²) in [5.74, 6) is 0.462. The normalized spacial score (nSPS) is 12.0. The van der Waals surface area contributed by atoms with Crippen molar-refractivity contribution < 1.29 is 13.2 Å². The highest BCUT2D eigenvalue weighted by Crippen LogP contribution is 2.31. The Kier molecular flexibility index (Phi) is 2.86. The Morgan fingerprint density at radius 2 is 1.67 bits per heavy atom. The number of fused-ring (bicyclic) bond motifs is 1. The molecule has 4 nitrogen and oxygen atoms in total. The van der Waals surface area contributed by atoms with E-state index in [4.69, 9.17) is 5.73 Å². The topological polar surface area (TPSA) is 56.2 Å². The summed E-state index contributed by atoms with van der Waals surface area (Å²) in [4.78, 5) is 0. The monoisotopic (exact) mass is 292 g/mol. The van der Waals surface area contributed by atoms with Crippen LogP contribution in [0.4, 0.5) is 18.9 Å². The van der Waals surface area contributed by atoms with Crippen LogP contribution in [-0.2, 0) is 6.18 Å². The molecule has 3 rings (SSSR count). The van der Waals surface area contributed by atoms with E-state index >= 15 is 0 Å². The molecule has 0 spiro atoms. The highest BCUT2D eigenvalue weighted by atomic mass is 19.4. The molecule has 2 heterocycles. The van der Waals surface area contributed by atoms with Crippen molar-refractivity contribution in [2.24, 2.45) is 0 Å². The summed E-state index contributed by atoms with van der Waals surface area (Å²) < 4.78 is 39.5. The maximum absolute atomic E-state index is 12.6. The van der Waals surface area contributed by atoms with Gasteiger partial charge in [-0.15, -0.1) is 10.2 Å². The Bertz CT molecular complexity index is 803. The van der Waals surface area contributed by atoms with E-state index in [-0.39, 0.29) is 0 Å². The van der Waals surface area contributed by atoms with Crippen LogP contribution in [0, 0.1) is 6.92 Å². The molecule has 0 saturated heterocycles. The SMILES string of the molecule is Cc1ccc(N)c2nnc(-c3ccc(C(F)(F)F)cc3)n12. The molecule has 0 saturated carbocycles. The number of aromatic nitrogens is 3. The van der Waals surface area contributed by atoms with Crippen molar-refractivity contribution in [1.82, 2.24) is 14.6 Å². The minimum Gasteiger partial charge on any atom is -0.396 e. The molecule has 0 amide bonds. The molecule has 2 aromatic heterocycles. The van der Waals surface area contributed by atoms with E-state index in [0.717, 1.165) is 17.8 Å². The fourth-order valence-corrected chi connectivity index (χ4v) is 2.16. The molecule has 108 valence electrons. The lowest BCUT2D eigenvalue weighted by molar-refractivity contribution is -0.137. The third-order valence-electron chi connectivity index (χ3n) is 3.25. The minimum absolute atomic E-state index is 0.462. The van der Waals surface area contributed by atoms with Crippen molar-refractivity contribution >= 4 is 11.3 Å². The molecule has 2 N–H and O–H groups in total. The summed E-state index contributed by atoms with van der Waals surface area (Å²) in [6.07, 6.45) is -4.36. The van der Waals surface area contributed by atoms with Crippen molar-refractivity contribution in [3.8, 4) is 11.4 Å². The first-order chi connectivity index (χ1) is 9.88. The van der Waals surface area contributed by atoms with Gasteiger partial charge in [0.05, 0.1) is 11.3 Å². The molecular weight excluding hydrogens is 281 g/mol. The van der Waals surface area contributed by atoms with Crippen molar-refractivity contribution in [3.05, 3.63) is 47.7 Å². The van der Waals surface area contributed by atoms with E-state index in [1.165, 1.54) is 12.1 Å². The molecule has 0 aliphatic rings. The van der Waals surface area contributed by atoms with Gasteiger partial charge in [0.1, 0.15) is 0 Å². The Morgan fingerprint density at radius 3 is 2.29 bits per heavy atom. The summed E-state index contributed by atoms with van der Waals surface area (Å²) >= 11 is 0. The van der Waals surface area contributed by atoms with Gasteiger partial charge in [-0.3, -0.25) is 4.40 Å². The number of benzene rings is 1. The first-order valence-electron chi connectivity index (χ1n) is 6.16. The van der Waals surface area contributed by atoms with Gasteiger partial charge in [0.15, 0.2) is 11.5 Å². The number of nitrogens with zero attached hydrogens (tertiary/aromatic N) is 3. The van der Waals surface area contributed by atoms with E-state index < -0.39 is 11.7 Å². The molecule has 0 aliphatic carbocycles. The van der Waals surface area contributed by atoms with Crippen LogP contribution in [0.2, 0.25) is 0 Å². The molecule has 0 aliphatic heterocycles. The third-order valence-corrected chi connectivity index (χ3v) is 3.25. The zero-order valence-corrected chi connectivity index (χ0v) is 11.0. The largest absolute Gasteiger partial charge is 0.416 e. The van der Waals surface area contributed by atoms with Gasteiger partial charge < -0.3 is 5.73 Å². The lowest BCUT2D eigenvalue weighted by Crippen LogP contribution is -2.04. The maximum atomic E-state index is 12.6. The second-order valence-electron chi connectivity index (χ2n) is 4.69. The molecule has 0 unspecified atom stereocenters. The molecular formula is C14H11F3N4. The van der Waals surface area contributed by atoms with E-state index in [1.54, 1.807) is 16.5 Å². The van der Waals surface area contributed by atoms with Gasteiger partial charge in [-0.1, -0.05) is 12.1 Å². The van der Waals surface area contributed by atoms with Crippen molar-refractivity contribution in [2.45, 2.75) is 13.1 Å². The van der Waals surface area contributed by atoms with Gasteiger partial charge in [-0.25, -0.2) is 0 Å². The Balaban J connectivity index is 2.15. The zero-order valence-electron chi connectivity index (χ0n) is 11.0. The van der Waals surface area contributed by atoms with E-state index in [1.807, 2.05) is 6.92 Å². The lowest BCUT2D eigenvalue weighted by Gasteiger charge is -2.08. The number of nitrogen functional groups attached to an aromatic ring is 1. The van der Waals surface area contributed by atoms with Gasteiger partial charge in [0.25, 0.3) is 0 Å². The summed E-state index contributed by atoms with van der Waals surface area (Å²) in [6, 6.07) is 8.33. The van der Waals surface area contributed by atoms with Gasteiger partial charge in [0, 0.05) is 11.3 Å². The van der Waals surface area contributed by atoms with Crippen LogP contribution in [0.15, 0.2) is 36.4 Å². The van der Waals surface area contributed by atoms with E-state index in [9.17, 15) is 13.2 Å². The second-order valence-corrected chi connectivity index (χ2v) is 4.69. The highest BCUT2D eigenvalue weighted by molar-refractivity contribution is 5.70. The molecule has 1 aromatic carbocycles. The summed E-state index contributed by atoms with van der Waals surface area (Å²) in [5.41, 5.74) is 7.47. The highest BCUT2D eigenvalue weighted by Gasteiger charge is 2.30. The Labute approximate surface area is 118 Å². The van der Waals surface area contributed by atoms with Gasteiger partial charge in [-0.05, 0) is 31.2 Å². The second kappa shape index (κ2) is 4.47. The first-order valence-corrected chi connectivity index (χ1v) is 6.16. The average molecular weight is 292 g/mol. The summed E-state index contributed by atoms with van der Waals surface area (Å²) in [6.45, 7) is 1.85. The van der Waals surface area contributed by atoms with Gasteiger partial charge >= 0.3 is 6.18 Å². The standard InChI is InChI=1S/C14H11F3N4/c1-8-2-7-11(18)13-20-19-12(21(8)13)9-3-5-10(6-4-9)14(15,16)17/h2-7H,18H2,1H3. The van der Waals surface area contributed by atoms with Crippen molar-refractivity contribution in [1.29, 1.82) is 0 Å². The molecule has 21 heavy (non-hydrogen) atoms. The number of aryl methyl sites for hydroxylation is 1. The summed E-state index contributed by atoms with van der Waals surface area (Å²) in [7, 11) is 0. The third kappa shape index (κ3) is 2.20. The van der Waals surface area contributed by atoms with Crippen LogP contribution in [0.5, 0.6) is 0 Å². The number of anilines is 1. The molecule has 0 bridgehead atoms. The zero-order chi connectivity index (χ0) is 15.2. The lowest BCUT2D eigenvalue weighted by atomic mass is 10.1. The van der Waals surface area contributed by atoms with Crippen LogP contribution in [0.3, 0.4) is 0 Å². The average Bonchev–Trinajstić information content (AvgIpc) is 2.88. The number of alkyl halides is 3.